The van der Waals surface area contributed by atoms with Gasteiger partial charge in [0.2, 0.25) is 0 Å². The normalized spacial score (nSPS) is 16.9. The van der Waals surface area contributed by atoms with Crippen molar-refractivity contribution in [2.45, 2.75) is 6.10 Å². The molecule has 3 nitrogen and oxygen atoms in total. The molecule has 0 amide bonds. The molecular formula is C10H13BrN2O. The number of nitrogens with zero attached hydrogens (tertiary/aromatic N) is 1. The van der Waals surface area contributed by atoms with E-state index in [0.717, 1.165) is 28.9 Å². The molecule has 0 radical (unpaired) electrons. The number of nitrogens with two attached hydrogens (primary N) is 1. The minimum atomic E-state index is 0.355. The van der Waals surface area contributed by atoms with Crippen LogP contribution < -0.4 is 10.6 Å². The van der Waals surface area contributed by atoms with Crippen molar-refractivity contribution in [1.29, 1.82) is 0 Å². The molecule has 0 aromatic heterocycles. The Morgan fingerprint density at radius 1 is 1.50 bits per heavy atom. The number of methoxy groups -OCH3 is 1. The van der Waals surface area contributed by atoms with Gasteiger partial charge in [-0.15, -0.1) is 0 Å². The fourth-order valence-electron chi connectivity index (χ4n) is 1.59. The van der Waals surface area contributed by atoms with Crippen molar-refractivity contribution in [3.8, 4) is 0 Å². The Labute approximate surface area is 92.0 Å². The Morgan fingerprint density at radius 2 is 2.21 bits per heavy atom. The number of halogens is 1. The second kappa shape index (κ2) is 3.79. The van der Waals surface area contributed by atoms with Gasteiger partial charge in [-0.25, -0.2) is 0 Å². The first-order chi connectivity index (χ1) is 6.72. The minimum Gasteiger partial charge on any atom is -0.396 e. The minimum absolute atomic E-state index is 0.355. The number of hydrogen-bond acceptors (Lipinski definition) is 3. The van der Waals surface area contributed by atoms with E-state index in [1.54, 1.807) is 7.11 Å². The van der Waals surface area contributed by atoms with Crippen LogP contribution in [-0.2, 0) is 4.74 Å². The summed E-state index contributed by atoms with van der Waals surface area (Å²) >= 11 is 3.42. The average Bonchev–Trinajstić information content (AvgIpc) is 2.10. The predicted molar refractivity (Wildman–Crippen MR) is 61.6 cm³/mol. The number of para-hydroxylation sites is 1. The standard InChI is InChI=1S/C10H13BrN2O/c1-14-7-5-13(6-7)9-4-2-3-8(11)10(9)12/h2-4,7H,5-6,12H2,1H3. The molecule has 1 saturated heterocycles. The summed E-state index contributed by atoms with van der Waals surface area (Å²) in [7, 11) is 1.74. The smallest absolute Gasteiger partial charge is 0.0920 e. The highest BCUT2D eigenvalue weighted by molar-refractivity contribution is 9.10. The van der Waals surface area contributed by atoms with Gasteiger partial charge in [-0.2, -0.15) is 0 Å². The van der Waals surface area contributed by atoms with Gasteiger partial charge in [-0.05, 0) is 28.1 Å². The summed E-state index contributed by atoms with van der Waals surface area (Å²) < 4.78 is 6.17. The molecule has 0 bridgehead atoms. The summed E-state index contributed by atoms with van der Waals surface area (Å²) in [6, 6.07) is 5.98. The molecule has 0 spiro atoms. The van der Waals surface area contributed by atoms with Gasteiger partial charge in [0.1, 0.15) is 0 Å². The van der Waals surface area contributed by atoms with Crippen LogP contribution in [0.4, 0.5) is 11.4 Å². The zero-order valence-corrected chi connectivity index (χ0v) is 9.62. The fourth-order valence-corrected chi connectivity index (χ4v) is 1.94. The predicted octanol–water partition coefficient (Wildman–Crippen LogP) is 1.87. The molecule has 4 heteroatoms. The Balaban J connectivity index is 2.14. The largest absolute Gasteiger partial charge is 0.396 e. The molecule has 2 N–H and O–H groups in total. The lowest BCUT2D eigenvalue weighted by atomic mass is 10.1. The van der Waals surface area contributed by atoms with Crippen LogP contribution in [0.15, 0.2) is 22.7 Å². The summed E-state index contributed by atoms with van der Waals surface area (Å²) in [6.07, 6.45) is 0.355. The van der Waals surface area contributed by atoms with E-state index in [1.165, 1.54) is 0 Å². The van der Waals surface area contributed by atoms with Gasteiger partial charge in [-0.3, -0.25) is 0 Å². The number of ether oxygens (including phenoxy) is 1. The molecule has 0 aliphatic carbocycles. The Hall–Kier alpha value is -0.740. The molecule has 1 aromatic rings. The topological polar surface area (TPSA) is 38.5 Å². The van der Waals surface area contributed by atoms with Gasteiger partial charge < -0.3 is 15.4 Å². The average molecular weight is 257 g/mol. The van der Waals surface area contributed by atoms with Crippen molar-refractivity contribution in [3.05, 3.63) is 22.7 Å². The summed E-state index contributed by atoms with van der Waals surface area (Å²) in [6.45, 7) is 1.86. The van der Waals surface area contributed by atoms with Crippen LogP contribution in [-0.4, -0.2) is 26.3 Å². The van der Waals surface area contributed by atoms with Gasteiger partial charge in [0.25, 0.3) is 0 Å². The van der Waals surface area contributed by atoms with Gasteiger partial charge in [0, 0.05) is 24.7 Å². The van der Waals surface area contributed by atoms with Gasteiger partial charge >= 0.3 is 0 Å². The second-order valence-corrected chi connectivity index (χ2v) is 4.29. The van der Waals surface area contributed by atoms with E-state index in [1.807, 2.05) is 18.2 Å². The Morgan fingerprint density at radius 3 is 2.86 bits per heavy atom. The molecule has 0 saturated carbocycles. The lowest BCUT2D eigenvalue weighted by Crippen LogP contribution is -2.52. The van der Waals surface area contributed by atoms with Crippen LogP contribution in [0.25, 0.3) is 0 Å². The maximum atomic E-state index is 5.95. The molecule has 1 heterocycles. The van der Waals surface area contributed by atoms with E-state index in [2.05, 4.69) is 20.8 Å². The van der Waals surface area contributed by atoms with E-state index < -0.39 is 0 Å². The molecule has 0 unspecified atom stereocenters. The van der Waals surface area contributed by atoms with E-state index in [9.17, 15) is 0 Å². The van der Waals surface area contributed by atoms with E-state index >= 15 is 0 Å². The van der Waals surface area contributed by atoms with Crippen molar-refractivity contribution < 1.29 is 4.74 Å². The Bertz CT molecular complexity index is 337. The first kappa shape index (κ1) is 9.80. The molecule has 1 aliphatic rings. The third kappa shape index (κ3) is 1.60. The van der Waals surface area contributed by atoms with E-state index in [-0.39, 0.29) is 0 Å². The number of nitrogen functional groups attached to an aromatic ring is 1. The molecule has 0 atom stereocenters. The van der Waals surface area contributed by atoms with Crippen molar-refractivity contribution in [3.63, 3.8) is 0 Å². The quantitative estimate of drug-likeness (QED) is 0.822. The fraction of sp³-hybridized carbons (Fsp3) is 0.400. The van der Waals surface area contributed by atoms with Gasteiger partial charge in [0.15, 0.2) is 0 Å². The van der Waals surface area contributed by atoms with Crippen LogP contribution in [0, 0.1) is 0 Å². The monoisotopic (exact) mass is 256 g/mol. The van der Waals surface area contributed by atoms with Gasteiger partial charge in [-0.1, -0.05) is 6.07 Å². The van der Waals surface area contributed by atoms with Crippen molar-refractivity contribution in [2.24, 2.45) is 0 Å². The van der Waals surface area contributed by atoms with Crippen molar-refractivity contribution >= 4 is 27.3 Å². The molecular weight excluding hydrogens is 244 g/mol. The third-order valence-electron chi connectivity index (χ3n) is 2.55. The molecule has 1 aliphatic heterocycles. The molecule has 14 heavy (non-hydrogen) atoms. The first-order valence-corrected chi connectivity index (χ1v) is 5.33. The van der Waals surface area contributed by atoms with E-state index in [4.69, 9.17) is 10.5 Å². The van der Waals surface area contributed by atoms with Crippen LogP contribution in [0.2, 0.25) is 0 Å². The van der Waals surface area contributed by atoms with E-state index in [0.29, 0.717) is 6.10 Å². The third-order valence-corrected chi connectivity index (χ3v) is 3.24. The first-order valence-electron chi connectivity index (χ1n) is 4.54. The highest BCUT2D eigenvalue weighted by Crippen LogP contribution is 2.33. The SMILES string of the molecule is COC1CN(c2cccc(Br)c2N)C1. The molecule has 1 aromatic carbocycles. The van der Waals surface area contributed by atoms with Crippen molar-refractivity contribution in [2.75, 3.05) is 30.8 Å². The highest BCUT2D eigenvalue weighted by atomic mass is 79.9. The van der Waals surface area contributed by atoms with Crippen LogP contribution >= 0.6 is 15.9 Å². The lowest BCUT2D eigenvalue weighted by molar-refractivity contribution is 0.0788. The van der Waals surface area contributed by atoms with Gasteiger partial charge in [0.05, 0.1) is 17.5 Å². The summed E-state index contributed by atoms with van der Waals surface area (Å²) in [5.74, 6) is 0. The molecule has 1 fully saturated rings. The lowest BCUT2D eigenvalue weighted by Gasteiger charge is -2.40. The zero-order valence-electron chi connectivity index (χ0n) is 8.03. The summed E-state index contributed by atoms with van der Waals surface area (Å²) in [5.41, 5.74) is 7.85. The number of hydrogen-bond donors (Lipinski definition) is 1. The highest BCUT2D eigenvalue weighted by Gasteiger charge is 2.27. The van der Waals surface area contributed by atoms with Crippen LogP contribution in [0.3, 0.4) is 0 Å². The number of anilines is 2. The van der Waals surface area contributed by atoms with Crippen LogP contribution in [0.5, 0.6) is 0 Å². The number of rotatable bonds is 2. The maximum absolute atomic E-state index is 5.95. The second-order valence-electron chi connectivity index (χ2n) is 3.44. The maximum Gasteiger partial charge on any atom is 0.0920 e. The van der Waals surface area contributed by atoms with Crippen molar-refractivity contribution in [1.82, 2.24) is 0 Å². The molecule has 2 rings (SSSR count). The Kier molecular flexibility index (Phi) is 2.65. The number of benzene rings is 1. The summed E-state index contributed by atoms with van der Waals surface area (Å²) in [4.78, 5) is 2.22. The van der Waals surface area contributed by atoms with Crippen LogP contribution in [0.1, 0.15) is 0 Å². The molecule has 76 valence electrons. The zero-order chi connectivity index (χ0) is 10.1. The summed E-state index contributed by atoms with van der Waals surface area (Å²) in [5, 5.41) is 0.